The summed E-state index contributed by atoms with van der Waals surface area (Å²) >= 11 is 6.06. The summed E-state index contributed by atoms with van der Waals surface area (Å²) in [6.07, 6.45) is -0.658. The molecule has 0 saturated heterocycles. The van der Waals surface area contributed by atoms with Crippen LogP contribution >= 0.6 is 11.6 Å². The maximum atomic E-state index is 10.3. The summed E-state index contributed by atoms with van der Waals surface area (Å²) in [5.41, 5.74) is 2.71. The first kappa shape index (κ1) is 11.2. The molecule has 1 N–H and O–H groups in total. The molecule has 0 aliphatic heterocycles. The molecule has 0 saturated carbocycles. The lowest BCUT2D eigenvalue weighted by Gasteiger charge is -2.15. The third-order valence-electron chi connectivity index (χ3n) is 2.68. The zero-order chi connectivity index (χ0) is 11.5. The van der Waals surface area contributed by atoms with Gasteiger partial charge in [-0.1, -0.05) is 54.1 Å². The van der Waals surface area contributed by atoms with Crippen LogP contribution in [-0.2, 0) is 0 Å². The van der Waals surface area contributed by atoms with Crippen LogP contribution < -0.4 is 0 Å². The Morgan fingerprint density at radius 2 is 1.50 bits per heavy atom. The van der Waals surface area contributed by atoms with Gasteiger partial charge in [-0.2, -0.15) is 0 Å². The highest BCUT2D eigenvalue weighted by atomic mass is 35.5. The Labute approximate surface area is 100 Å². The van der Waals surface area contributed by atoms with E-state index in [1.165, 1.54) is 0 Å². The largest absolute Gasteiger partial charge is 0.384 e. The van der Waals surface area contributed by atoms with E-state index in [-0.39, 0.29) is 0 Å². The van der Waals surface area contributed by atoms with Crippen molar-refractivity contribution in [2.24, 2.45) is 0 Å². The molecule has 0 unspecified atom stereocenters. The van der Waals surface area contributed by atoms with Gasteiger partial charge in [-0.05, 0) is 24.1 Å². The summed E-state index contributed by atoms with van der Waals surface area (Å²) in [6.45, 7) is 1.98. The first-order chi connectivity index (χ1) is 7.70. The van der Waals surface area contributed by atoms with Crippen LogP contribution in [0.15, 0.2) is 48.5 Å². The second-order valence-electron chi connectivity index (χ2n) is 3.78. The molecule has 2 aromatic rings. The normalized spacial score (nSPS) is 12.4. The molecule has 82 valence electrons. The first-order valence-corrected chi connectivity index (χ1v) is 5.56. The minimum atomic E-state index is -0.658. The van der Waals surface area contributed by atoms with Crippen molar-refractivity contribution >= 4 is 11.6 Å². The van der Waals surface area contributed by atoms with Crippen LogP contribution in [0.3, 0.4) is 0 Å². The zero-order valence-corrected chi connectivity index (χ0v) is 9.78. The molecule has 16 heavy (non-hydrogen) atoms. The van der Waals surface area contributed by atoms with E-state index < -0.39 is 6.10 Å². The number of aryl methyl sites for hydroxylation is 1. The lowest BCUT2D eigenvalue weighted by atomic mass is 9.98. The minimum Gasteiger partial charge on any atom is -0.384 e. The number of aliphatic hydroxyl groups excluding tert-OH is 1. The van der Waals surface area contributed by atoms with E-state index in [2.05, 4.69) is 0 Å². The van der Waals surface area contributed by atoms with Gasteiger partial charge in [0.2, 0.25) is 0 Å². The first-order valence-electron chi connectivity index (χ1n) is 5.18. The van der Waals surface area contributed by atoms with Crippen LogP contribution in [0.25, 0.3) is 0 Å². The molecule has 0 spiro atoms. The van der Waals surface area contributed by atoms with Crippen molar-refractivity contribution < 1.29 is 5.11 Å². The van der Waals surface area contributed by atoms with Gasteiger partial charge in [0, 0.05) is 10.6 Å². The maximum absolute atomic E-state index is 10.3. The van der Waals surface area contributed by atoms with Gasteiger partial charge in [-0.3, -0.25) is 0 Å². The van der Waals surface area contributed by atoms with Gasteiger partial charge >= 0.3 is 0 Å². The Balaban J connectivity index is 2.44. The number of aliphatic hydroxyl groups is 1. The molecule has 0 aromatic heterocycles. The molecule has 2 heteroatoms. The summed E-state index contributed by atoms with van der Waals surface area (Å²) in [6, 6.07) is 15.1. The van der Waals surface area contributed by atoms with E-state index in [1.807, 2.05) is 49.4 Å². The highest BCUT2D eigenvalue weighted by molar-refractivity contribution is 6.31. The van der Waals surface area contributed by atoms with Gasteiger partial charge in [0.05, 0.1) is 0 Å². The fraction of sp³-hybridized carbons (Fsp3) is 0.143. The van der Waals surface area contributed by atoms with E-state index >= 15 is 0 Å². The third-order valence-corrected chi connectivity index (χ3v) is 3.03. The smallest absolute Gasteiger partial charge is 0.106 e. The van der Waals surface area contributed by atoms with Gasteiger partial charge in [0.1, 0.15) is 6.10 Å². The summed E-state index contributed by atoms with van der Waals surface area (Å²) in [7, 11) is 0. The Bertz CT molecular complexity index is 448. The van der Waals surface area contributed by atoms with Crippen molar-refractivity contribution in [3.05, 3.63) is 70.2 Å². The van der Waals surface area contributed by atoms with Gasteiger partial charge in [0.15, 0.2) is 0 Å². The van der Waals surface area contributed by atoms with Gasteiger partial charge in [0.25, 0.3) is 0 Å². The highest BCUT2D eigenvalue weighted by Gasteiger charge is 2.14. The van der Waals surface area contributed by atoms with E-state index in [4.69, 9.17) is 11.6 Å². The minimum absolute atomic E-state index is 0.596. The van der Waals surface area contributed by atoms with E-state index in [9.17, 15) is 5.11 Å². The monoisotopic (exact) mass is 232 g/mol. The predicted molar refractivity (Wildman–Crippen MR) is 66.7 cm³/mol. The molecule has 0 heterocycles. The maximum Gasteiger partial charge on any atom is 0.106 e. The zero-order valence-electron chi connectivity index (χ0n) is 9.02. The lowest BCUT2D eigenvalue weighted by Crippen LogP contribution is -2.02. The molecule has 1 nitrogen and oxygen atoms in total. The molecule has 0 radical (unpaired) electrons. The molecule has 0 amide bonds. The molecule has 1 atom stereocenters. The SMILES string of the molecule is Cc1ccccc1[C@@H](O)c1ccccc1Cl. The topological polar surface area (TPSA) is 20.2 Å². The molecule has 0 aliphatic rings. The fourth-order valence-corrected chi connectivity index (χ4v) is 2.00. The number of hydrogen-bond donors (Lipinski definition) is 1. The molecular weight excluding hydrogens is 220 g/mol. The summed E-state index contributed by atoms with van der Waals surface area (Å²) in [5.74, 6) is 0. The molecule has 2 rings (SSSR count). The van der Waals surface area contributed by atoms with Crippen molar-refractivity contribution in [2.45, 2.75) is 13.0 Å². The van der Waals surface area contributed by atoms with Crippen LogP contribution in [0.5, 0.6) is 0 Å². The molecule has 0 bridgehead atoms. The summed E-state index contributed by atoms with van der Waals surface area (Å²) in [5, 5.41) is 10.9. The van der Waals surface area contributed by atoms with Crippen molar-refractivity contribution in [2.75, 3.05) is 0 Å². The Morgan fingerprint density at radius 3 is 2.12 bits per heavy atom. The van der Waals surface area contributed by atoms with Crippen LogP contribution in [0.4, 0.5) is 0 Å². The van der Waals surface area contributed by atoms with E-state index in [0.29, 0.717) is 5.02 Å². The average Bonchev–Trinajstić information content (AvgIpc) is 2.29. The summed E-state index contributed by atoms with van der Waals surface area (Å²) in [4.78, 5) is 0. The molecule has 2 aromatic carbocycles. The van der Waals surface area contributed by atoms with Crippen molar-refractivity contribution in [3.63, 3.8) is 0 Å². The Kier molecular flexibility index (Phi) is 3.28. The van der Waals surface area contributed by atoms with Crippen LogP contribution in [0, 0.1) is 6.92 Å². The van der Waals surface area contributed by atoms with Crippen LogP contribution in [0.1, 0.15) is 22.8 Å². The molecular formula is C14H13ClO. The fourth-order valence-electron chi connectivity index (χ4n) is 1.76. The van der Waals surface area contributed by atoms with Gasteiger partial charge in [-0.25, -0.2) is 0 Å². The Morgan fingerprint density at radius 1 is 0.938 bits per heavy atom. The van der Waals surface area contributed by atoms with Crippen molar-refractivity contribution in [1.29, 1.82) is 0 Å². The van der Waals surface area contributed by atoms with Crippen LogP contribution in [0.2, 0.25) is 5.02 Å². The average molecular weight is 233 g/mol. The standard InChI is InChI=1S/C14H13ClO/c1-10-6-2-3-7-11(10)14(16)12-8-4-5-9-13(12)15/h2-9,14,16H,1H3/t14-/m1/s1. The third kappa shape index (κ3) is 2.11. The highest BCUT2D eigenvalue weighted by Crippen LogP contribution is 2.29. The van der Waals surface area contributed by atoms with E-state index in [1.54, 1.807) is 6.07 Å². The number of hydrogen-bond acceptors (Lipinski definition) is 1. The van der Waals surface area contributed by atoms with Crippen LogP contribution in [-0.4, -0.2) is 5.11 Å². The number of benzene rings is 2. The number of halogens is 1. The molecule has 0 aliphatic carbocycles. The Hall–Kier alpha value is -1.31. The number of rotatable bonds is 2. The quantitative estimate of drug-likeness (QED) is 0.837. The second kappa shape index (κ2) is 4.69. The second-order valence-corrected chi connectivity index (χ2v) is 4.19. The van der Waals surface area contributed by atoms with E-state index in [0.717, 1.165) is 16.7 Å². The van der Waals surface area contributed by atoms with Crippen molar-refractivity contribution in [1.82, 2.24) is 0 Å². The van der Waals surface area contributed by atoms with Crippen molar-refractivity contribution in [3.8, 4) is 0 Å². The van der Waals surface area contributed by atoms with Gasteiger partial charge in [-0.15, -0.1) is 0 Å². The predicted octanol–water partition coefficient (Wildman–Crippen LogP) is 3.73. The summed E-state index contributed by atoms with van der Waals surface area (Å²) < 4.78 is 0. The lowest BCUT2D eigenvalue weighted by molar-refractivity contribution is 0.219. The molecule has 0 fully saturated rings. The van der Waals surface area contributed by atoms with Gasteiger partial charge < -0.3 is 5.11 Å².